The van der Waals surface area contributed by atoms with Crippen molar-refractivity contribution in [3.63, 3.8) is 0 Å². The van der Waals surface area contributed by atoms with Gasteiger partial charge in [-0.1, -0.05) is 0 Å². The minimum Gasteiger partial charge on any atom is -0.457 e. The highest BCUT2D eigenvalue weighted by atomic mass is 16.6. The number of ether oxygens (including phenoxy) is 6. The van der Waals surface area contributed by atoms with Crippen LogP contribution in [0.2, 0.25) is 0 Å². The molecule has 2 heterocycles. The number of carbonyl (C=O) groups is 4. The third kappa shape index (κ3) is 6.93. The Morgan fingerprint density at radius 3 is 0.950 bits per heavy atom. The van der Waals surface area contributed by atoms with E-state index in [1.807, 2.05) is 52.0 Å². The Kier molecular flexibility index (Phi) is 9.82. The van der Waals surface area contributed by atoms with E-state index in [1.165, 1.54) is 24.3 Å². The number of fused-ring (bicyclic) bond motifs is 2. The first-order valence-electron chi connectivity index (χ1n) is 19.5. The minimum atomic E-state index is -0.681. The fourth-order valence-corrected chi connectivity index (χ4v) is 7.98. The van der Waals surface area contributed by atoms with E-state index >= 15 is 0 Å². The Bertz CT molecular complexity index is 2660. The molecule has 2 aliphatic rings. The Hall–Kier alpha value is -7.20. The van der Waals surface area contributed by atoms with Gasteiger partial charge in [0.15, 0.2) is 0 Å². The van der Waals surface area contributed by atoms with E-state index in [-0.39, 0.29) is 22.3 Å². The van der Waals surface area contributed by atoms with Crippen LogP contribution >= 0.6 is 0 Å². The highest BCUT2D eigenvalue weighted by Crippen LogP contribution is 2.44. The van der Waals surface area contributed by atoms with Crippen molar-refractivity contribution in [2.75, 3.05) is 0 Å². The average Bonchev–Trinajstić information content (AvgIpc) is 3.65. The number of rotatable bonds is 9. The second-order valence-corrected chi connectivity index (χ2v) is 15.6. The fourth-order valence-electron chi connectivity index (χ4n) is 7.98. The zero-order chi connectivity index (χ0) is 42.9. The summed E-state index contributed by atoms with van der Waals surface area (Å²) in [5.74, 6) is 2.34. The van der Waals surface area contributed by atoms with Crippen molar-refractivity contribution in [2.24, 2.45) is 0 Å². The molecule has 10 nitrogen and oxygen atoms in total. The molecule has 2 aliphatic heterocycles. The molecule has 0 aliphatic carbocycles. The molecule has 60 heavy (non-hydrogen) atoms. The number of aryl methyl sites for hydroxylation is 6. The largest absolute Gasteiger partial charge is 0.457 e. The van der Waals surface area contributed by atoms with Gasteiger partial charge in [-0.05, 0) is 209 Å². The van der Waals surface area contributed by atoms with Crippen molar-refractivity contribution in [3.05, 3.63) is 151 Å². The van der Waals surface area contributed by atoms with Crippen LogP contribution in [0.15, 0.2) is 72.8 Å². The number of benzene rings is 6. The second kappa shape index (κ2) is 14.9. The second-order valence-electron chi connectivity index (χ2n) is 15.6. The molecule has 10 heteroatoms. The van der Waals surface area contributed by atoms with Crippen LogP contribution in [-0.2, 0) is 9.47 Å². The summed E-state index contributed by atoms with van der Waals surface area (Å²) in [7, 11) is 0. The summed E-state index contributed by atoms with van der Waals surface area (Å²) in [5.41, 5.74) is 12.6. The van der Waals surface area contributed by atoms with Gasteiger partial charge in [0.1, 0.15) is 46.0 Å². The topological polar surface area (TPSA) is 124 Å². The van der Waals surface area contributed by atoms with Gasteiger partial charge in [-0.15, -0.1) is 0 Å². The molecule has 0 saturated carbocycles. The highest BCUT2D eigenvalue weighted by molar-refractivity contribution is 6.15. The summed E-state index contributed by atoms with van der Waals surface area (Å²) in [4.78, 5) is 48.0. The van der Waals surface area contributed by atoms with Crippen LogP contribution in [0.3, 0.4) is 0 Å². The molecule has 6 aromatic carbocycles. The zero-order valence-electron chi connectivity index (χ0n) is 35.0. The number of hydrogen-bond acceptors (Lipinski definition) is 10. The minimum absolute atomic E-state index is 0.188. The lowest BCUT2D eigenvalue weighted by atomic mass is 9.88. The van der Waals surface area contributed by atoms with Crippen molar-refractivity contribution < 1.29 is 47.6 Å². The van der Waals surface area contributed by atoms with Crippen LogP contribution < -0.4 is 18.9 Å². The maximum atomic E-state index is 12.1. The van der Waals surface area contributed by atoms with Crippen molar-refractivity contribution in [2.45, 2.75) is 69.2 Å². The summed E-state index contributed by atoms with van der Waals surface area (Å²) in [6, 6.07) is 21.5. The van der Waals surface area contributed by atoms with E-state index in [0.29, 0.717) is 34.5 Å². The third-order valence-corrected chi connectivity index (χ3v) is 11.3. The van der Waals surface area contributed by atoms with Crippen LogP contribution in [0.25, 0.3) is 11.1 Å². The summed E-state index contributed by atoms with van der Waals surface area (Å²) >= 11 is 0. The van der Waals surface area contributed by atoms with Crippen LogP contribution in [0.4, 0.5) is 0 Å². The van der Waals surface area contributed by atoms with E-state index in [1.54, 1.807) is 12.1 Å². The molecule has 0 atom stereocenters. The number of esters is 4. The Labute approximate surface area is 347 Å². The molecule has 0 fully saturated rings. The lowest BCUT2D eigenvalue weighted by Gasteiger charge is -2.22. The quantitative estimate of drug-likeness (QED) is 0.103. The van der Waals surface area contributed by atoms with Crippen molar-refractivity contribution in [1.82, 2.24) is 0 Å². The van der Waals surface area contributed by atoms with Gasteiger partial charge >= 0.3 is 23.9 Å². The van der Waals surface area contributed by atoms with Crippen molar-refractivity contribution in [3.8, 4) is 57.1 Å². The third-order valence-electron chi connectivity index (χ3n) is 11.3. The van der Waals surface area contributed by atoms with Gasteiger partial charge < -0.3 is 28.4 Å². The Morgan fingerprint density at radius 2 is 0.600 bits per heavy atom. The lowest BCUT2D eigenvalue weighted by molar-refractivity contribution is 0.0425. The average molecular weight is 803 g/mol. The van der Waals surface area contributed by atoms with E-state index in [0.717, 1.165) is 78.3 Å². The van der Waals surface area contributed by atoms with E-state index in [9.17, 15) is 19.2 Å². The molecule has 0 N–H and O–H groups in total. The highest BCUT2D eigenvalue weighted by Gasteiger charge is 2.31. The van der Waals surface area contributed by atoms with Gasteiger partial charge in [-0.25, -0.2) is 19.2 Å². The van der Waals surface area contributed by atoms with E-state index in [2.05, 4.69) is 53.7 Å². The molecule has 0 bridgehead atoms. The summed E-state index contributed by atoms with van der Waals surface area (Å²) in [6.07, 6.45) is 0. The maximum Gasteiger partial charge on any atom is 0.347 e. The molecule has 0 saturated heterocycles. The standard InChI is InChI=1S/C50H42O10/c1-23-15-35(16-24(2)43(23)55-33-11-13-37-41(21-33)49(53)59-47(37)51)57-45-27(5)19-39(29(7)31(45)9)40-20-28(6)46(32(10)30(40)8)58-36-17-25(3)44(26(4)18-36)56-34-12-14-38-42(22-34)50(54)60-48(38)52/h11-22H,1-10H3. The first-order valence-corrected chi connectivity index (χ1v) is 19.5. The summed E-state index contributed by atoms with van der Waals surface area (Å²) < 4.78 is 35.0. The monoisotopic (exact) mass is 802 g/mol. The van der Waals surface area contributed by atoms with Crippen LogP contribution in [0.5, 0.6) is 46.0 Å². The maximum absolute atomic E-state index is 12.1. The SMILES string of the molecule is Cc1cc(Oc2c(C)cc(-c3cc(C)c(Oc4cc(C)c(Oc5ccc6c(c5)C(=O)OC6=O)c(C)c4)c(C)c3C)c(C)c2C)cc(C)c1Oc1ccc2c(c1)C(=O)OC2=O. The smallest absolute Gasteiger partial charge is 0.347 e. The van der Waals surface area contributed by atoms with E-state index in [4.69, 9.17) is 28.4 Å². The molecule has 0 radical (unpaired) electrons. The van der Waals surface area contributed by atoms with Gasteiger partial charge in [0.25, 0.3) is 0 Å². The summed E-state index contributed by atoms with van der Waals surface area (Å²) in [6.45, 7) is 20.2. The lowest BCUT2D eigenvalue weighted by Crippen LogP contribution is -2.01. The first kappa shape index (κ1) is 39.6. The first-order chi connectivity index (χ1) is 28.5. The molecule has 0 spiro atoms. The zero-order valence-corrected chi connectivity index (χ0v) is 35.0. The summed E-state index contributed by atoms with van der Waals surface area (Å²) in [5, 5.41) is 0. The Balaban J connectivity index is 1.02. The number of cyclic esters (lactones) is 4. The molecule has 8 rings (SSSR count). The molecular formula is C50H42O10. The van der Waals surface area contributed by atoms with Crippen LogP contribution in [-0.4, -0.2) is 23.9 Å². The van der Waals surface area contributed by atoms with Crippen molar-refractivity contribution >= 4 is 23.9 Å². The van der Waals surface area contributed by atoms with Crippen molar-refractivity contribution in [1.29, 1.82) is 0 Å². The van der Waals surface area contributed by atoms with E-state index < -0.39 is 23.9 Å². The van der Waals surface area contributed by atoms with Gasteiger partial charge in [0.05, 0.1) is 22.3 Å². The predicted molar refractivity (Wildman–Crippen MR) is 225 cm³/mol. The van der Waals surface area contributed by atoms with Gasteiger partial charge in [-0.3, -0.25) is 0 Å². The predicted octanol–water partition coefficient (Wildman–Crippen LogP) is 12.2. The van der Waals surface area contributed by atoms with Gasteiger partial charge in [-0.2, -0.15) is 0 Å². The molecule has 302 valence electrons. The Morgan fingerprint density at radius 1 is 0.300 bits per heavy atom. The molecule has 0 aromatic heterocycles. The van der Waals surface area contributed by atoms with Gasteiger partial charge in [0.2, 0.25) is 0 Å². The fraction of sp³-hybridized carbons (Fsp3) is 0.200. The number of hydrogen-bond donors (Lipinski definition) is 0. The van der Waals surface area contributed by atoms with Gasteiger partial charge in [0, 0.05) is 0 Å². The molecule has 0 unspecified atom stereocenters. The molecule has 6 aromatic rings. The molecule has 0 amide bonds. The normalized spacial score (nSPS) is 12.9. The molecular weight excluding hydrogens is 761 g/mol. The van der Waals surface area contributed by atoms with Crippen LogP contribution in [0.1, 0.15) is 97.1 Å². The van der Waals surface area contributed by atoms with Crippen LogP contribution in [0, 0.1) is 69.2 Å². The number of carbonyl (C=O) groups excluding carboxylic acids is 4.